The van der Waals surface area contributed by atoms with Crippen molar-refractivity contribution in [2.45, 2.75) is 31.8 Å². The molecular formula is C14H22N2O. The van der Waals surface area contributed by atoms with Crippen LogP contribution in [0.15, 0.2) is 24.3 Å². The highest BCUT2D eigenvalue weighted by Gasteiger charge is 2.21. The van der Waals surface area contributed by atoms with Gasteiger partial charge in [-0.3, -0.25) is 4.90 Å². The molecule has 3 heteroatoms. The van der Waals surface area contributed by atoms with E-state index in [1.54, 1.807) is 7.11 Å². The van der Waals surface area contributed by atoms with Gasteiger partial charge >= 0.3 is 0 Å². The summed E-state index contributed by atoms with van der Waals surface area (Å²) in [7, 11) is 1.73. The van der Waals surface area contributed by atoms with Crippen molar-refractivity contribution in [3.63, 3.8) is 0 Å². The normalized spacial score (nSPS) is 21.4. The van der Waals surface area contributed by atoms with Crippen LogP contribution in [0.5, 0.6) is 5.75 Å². The van der Waals surface area contributed by atoms with E-state index in [1.165, 1.54) is 24.8 Å². The van der Waals surface area contributed by atoms with Crippen molar-refractivity contribution in [1.29, 1.82) is 0 Å². The average molecular weight is 234 g/mol. The lowest BCUT2D eigenvalue weighted by molar-refractivity contribution is 0.143. The van der Waals surface area contributed by atoms with Gasteiger partial charge in [0.2, 0.25) is 0 Å². The van der Waals surface area contributed by atoms with Crippen molar-refractivity contribution in [2.24, 2.45) is 5.73 Å². The van der Waals surface area contributed by atoms with E-state index in [0.717, 1.165) is 25.4 Å². The lowest BCUT2D eigenvalue weighted by atomic mass is 10.0. The van der Waals surface area contributed by atoms with Gasteiger partial charge in [0.15, 0.2) is 0 Å². The highest BCUT2D eigenvalue weighted by atomic mass is 16.5. The fraction of sp³-hybridized carbons (Fsp3) is 0.571. The number of hydrogen-bond donors (Lipinski definition) is 1. The smallest absolute Gasteiger partial charge is 0.123 e. The molecule has 0 amide bonds. The number of nitrogens with zero attached hydrogens (tertiary/aromatic N) is 1. The molecule has 0 aromatic heterocycles. The SMILES string of the molecule is COc1ccccc1CN1CCCC[C@H]1CN. The van der Waals surface area contributed by atoms with E-state index in [0.29, 0.717) is 6.04 Å². The second-order valence-corrected chi connectivity index (χ2v) is 4.67. The van der Waals surface area contributed by atoms with Crippen LogP contribution in [0.25, 0.3) is 0 Å². The Kier molecular flexibility index (Phi) is 4.40. The Morgan fingerprint density at radius 1 is 1.35 bits per heavy atom. The average Bonchev–Trinajstić information content (AvgIpc) is 2.40. The van der Waals surface area contributed by atoms with Crippen LogP contribution in [0.2, 0.25) is 0 Å². The Balaban J connectivity index is 2.08. The van der Waals surface area contributed by atoms with Crippen molar-refractivity contribution in [3.8, 4) is 5.75 Å². The predicted molar refractivity (Wildman–Crippen MR) is 70.1 cm³/mol. The molecule has 3 nitrogen and oxygen atoms in total. The molecular weight excluding hydrogens is 212 g/mol. The zero-order chi connectivity index (χ0) is 12.1. The van der Waals surface area contributed by atoms with E-state index >= 15 is 0 Å². The van der Waals surface area contributed by atoms with Crippen LogP contribution in [-0.4, -0.2) is 31.1 Å². The first-order chi connectivity index (χ1) is 8.35. The first kappa shape index (κ1) is 12.4. The van der Waals surface area contributed by atoms with Gasteiger partial charge in [0.25, 0.3) is 0 Å². The molecule has 1 aromatic rings. The van der Waals surface area contributed by atoms with E-state index in [4.69, 9.17) is 10.5 Å². The number of methoxy groups -OCH3 is 1. The monoisotopic (exact) mass is 234 g/mol. The zero-order valence-corrected chi connectivity index (χ0v) is 10.6. The number of benzene rings is 1. The largest absolute Gasteiger partial charge is 0.496 e. The van der Waals surface area contributed by atoms with Crippen molar-refractivity contribution in [1.82, 2.24) is 4.90 Å². The van der Waals surface area contributed by atoms with Crippen molar-refractivity contribution < 1.29 is 4.74 Å². The highest BCUT2D eigenvalue weighted by molar-refractivity contribution is 5.33. The molecule has 1 fully saturated rings. The van der Waals surface area contributed by atoms with Gasteiger partial charge in [0.1, 0.15) is 5.75 Å². The number of piperidine rings is 1. The molecule has 94 valence electrons. The second-order valence-electron chi connectivity index (χ2n) is 4.67. The van der Waals surface area contributed by atoms with E-state index in [2.05, 4.69) is 17.0 Å². The summed E-state index contributed by atoms with van der Waals surface area (Å²) < 4.78 is 5.40. The maximum absolute atomic E-state index is 5.84. The van der Waals surface area contributed by atoms with Crippen molar-refractivity contribution in [3.05, 3.63) is 29.8 Å². The second kappa shape index (κ2) is 6.03. The third kappa shape index (κ3) is 2.99. The number of nitrogens with two attached hydrogens (primary N) is 1. The van der Waals surface area contributed by atoms with Crippen LogP contribution in [-0.2, 0) is 6.54 Å². The minimum Gasteiger partial charge on any atom is -0.496 e. The van der Waals surface area contributed by atoms with Crippen LogP contribution in [0.3, 0.4) is 0 Å². The fourth-order valence-corrected chi connectivity index (χ4v) is 2.59. The molecule has 0 unspecified atom stereocenters. The molecule has 0 bridgehead atoms. The molecule has 1 heterocycles. The van der Waals surface area contributed by atoms with Gasteiger partial charge in [0.05, 0.1) is 7.11 Å². The Hall–Kier alpha value is -1.06. The van der Waals surface area contributed by atoms with Crippen LogP contribution in [0.4, 0.5) is 0 Å². The molecule has 0 saturated carbocycles. The quantitative estimate of drug-likeness (QED) is 0.866. The lowest BCUT2D eigenvalue weighted by Gasteiger charge is -2.35. The molecule has 1 aliphatic heterocycles. The van der Waals surface area contributed by atoms with E-state index < -0.39 is 0 Å². The fourth-order valence-electron chi connectivity index (χ4n) is 2.59. The summed E-state index contributed by atoms with van der Waals surface area (Å²) in [6.07, 6.45) is 3.82. The van der Waals surface area contributed by atoms with E-state index in [-0.39, 0.29) is 0 Å². The van der Waals surface area contributed by atoms with Gasteiger partial charge in [-0.25, -0.2) is 0 Å². The summed E-state index contributed by atoms with van der Waals surface area (Å²) >= 11 is 0. The molecule has 0 spiro atoms. The molecule has 17 heavy (non-hydrogen) atoms. The molecule has 1 aliphatic rings. The van der Waals surface area contributed by atoms with Gasteiger partial charge in [-0.05, 0) is 25.5 Å². The zero-order valence-electron chi connectivity index (χ0n) is 10.6. The summed E-state index contributed by atoms with van der Waals surface area (Å²) in [5.41, 5.74) is 7.10. The van der Waals surface area contributed by atoms with Gasteiger partial charge in [-0.1, -0.05) is 24.6 Å². The van der Waals surface area contributed by atoms with Gasteiger partial charge < -0.3 is 10.5 Å². The minimum absolute atomic E-state index is 0.536. The third-order valence-corrected chi connectivity index (χ3v) is 3.59. The third-order valence-electron chi connectivity index (χ3n) is 3.59. The van der Waals surface area contributed by atoms with Gasteiger partial charge in [-0.2, -0.15) is 0 Å². The number of likely N-dealkylation sites (tertiary alicyclic amines) is 1. The predicted octanol–water partition coefficient (Wildman–Crippen LogP) is 2.01. The molecule has 0 aliphatic carbocycles. The molecule has 1 saturated heterocycles. The van der Waals surface area contributed by atoms with Crippen LogP contribution in [0.1, 0.15) is 24.8 Å². The molecule has 0 radical (unpaired) electrons. The summed E-state index contributed by atoms with van der Waals surface area (Å²) in [5.74, 6) is 0.980. The first-order valence-corrected chi connectivity index (χ1v) is 6.41. The standard InChI is InChI=1S/C14H22N2O/c1-17-14-8-3-2-6-12(14)11-16-9-5-4-7-13(16)10-15/h2-3,6,8,13H,4-5,7,9-11,15H2,1H3/t13-/m0/s1. The van der Waals surface area contributed by atoms with E-state index in [1.807, 2.05) is 12.1 Å². The maximum atomic E-state index is 5.84. The Bertz CT molecular complexity index is 354. The minimum atomic E-state index is 0.536. The number of hydrogen-bond acceptors (Lipinski definition) is 3. The van der Waals surface area contributed by atoms with E-state index in [9.17, 15) is 0 Å². The van der Waals surface area contributed by atoms with Crippen LogP contribution < -0.4 is 10.5 Å². The molecule has 1 atom stereocenters. The molecule has 1 aromatic carbocycles. The Labute approximate surface area is 104 Å². The summed E-state index contributed by atoms with van der Waals surface area (Å²) in [5, 5.41) is 0. The van der Waals surface area contributed by atoms with Crippen molar-refractivity contribution >= 4 is 0 Å². The summed E-state index contributed by atoms with van der Waals surface area (Å²) in [6, 6.07) is 8.78. The van der Waals surface area contributed by atoms with Gasteiger partial charge in [0, 0.05) is 24.7 Å². The lowest BCUT2D eigenvalue weighted by Crippen LogP contribution is -2.43. The number of ether oxygens (including phenoxy) is 1. The summed E-state index contributed by atoms with van der Waals surface area (Å²) in [6.45, 7) is 2.86. The first-order valence-electron chi connectivity index (χ1n) is 6.41. The Morgan fingerprint density at radius 3 is 2.94 bits per heavy atom. The highest BCUT2D eigenvalue weighted by Crippen LogP contribution is 2.23. The number of para-hydroxylation sites is 1. The molecule has 2 N–H and O–H groups in total. The van der Waals surface area contributed by atoms with Crippen molar-refractivity contribution in [2.75, 3.05) is 20.2 Å². The Morgan fingerprint density at radius 2 is 2.18 bits per heavy atom. The topological polar surface area (TPSA) is 38.5 Å². The number of rotatable bonds is 4. The van der Waals surface area contributed by atoms with Gasteiger partial charge in [-0.15, -0.1) is 0 Å². The maximum Gasteiger partial charge on any atom is 0.123 e. The molecule has 2 rings (SSSR count). The van der Waals surface area contributed by atoms with Crippen LogP contribution in [0, 0.1) is 0 Å². The van der Waals surface area contributed by atoms with Crippen LogP contribution >= 0.6 is 0 Å². The summed E-state index contributed by atoms with van der Waals surface area (Å²) in [4.78, 5) is 2.49.